The van der Waals surface area contributed by atoms with Crippen molar-refractivity contribution in [2.75, 3.05) is 13.1 Å². The molecule has 142 valence electrons. The third kappa shape index (κ3) is 2.68. The van der Waals surface area contributed by atoms with Gasteiger partial charge in [0.15, 0.2) is 5.76 Å². The molecule has 1 amide bonds. The van der Waals surface area contributed by atoms with Crippen LogP contribution in [0.15, 0.2) is 56.5 Å². The molecule has 28 heavy (non-hydrogen) atoms. The molecule has 1 fully saturated rings. The number of pyridine rings is 1. The number of hydrogen-bond acceptors (Lipinski definition) is 4. The molecule has 2 unspecified atom stereocenters. The molecule has 4 heterocycles. The van der Waals surface area contributed by atoms with Crippen LogP contribution in [0.5, 0.6) is 0 Å². The number of aromatic nitrogens is 1. The van der Waals surface area contributed by atoms with Crippen molar-refractivity contribution in [3.05, 3.63) is 80.3 Å². The zero-order valence-electron chi connectivity index (χ0n) is 15.6. The minimum absolute atomic E-state index is 0.0165. The average molecular weight is 376 g/mol. The molecule has 2 atom stereocenters. The van der Waals surface area contributed by atoms with Gasteiger partial charge in [-0.3, -0.25) is 9.59 Å². The van der Waals surface area contributed by atoms with E-state index in [1.54, 1.807) is 29.2 Å². The van der Waals surface area contributed by atoms with Gasteiger partial charge in [0.2, 0.25) is 0 Å². The van der Waals surface area contributed by atoms with Crippen LogP contribution >= 0.6 is 0 Å². The van der Waals surface area contributed by atoms with Crippen molar-refractivity contribution in [1.29, 1.82) is 0 Å². The second-order valence-corrected chi connectivity index (χ2v) is 7.90. The lowest BCUT2D eigenvalue weighted by Gasteiger charge is -2.42. The summed E-state index contributed by atoms with van der Waals surface area (Å²) < 4.78 is 7.20. The normalized spacial score (nSPS) is 20.8. The number of carbonyl (C=O) groups is 1. The highest BCUT2D eigenvalue weighted by Gasteiger charge is 2.37. The van der Waals surface area contributed by atoms with E-state index in [2.05, 4.69) is 0 Å². The summed E-state index contributed by atoms with van der Waals surface area (Å²) in [5.41, 5.74) is 1.48. The quantitative estimate of drug-likeness (QED) is 0.654. The minimum atomic E-state index is -0.487. The van der Waals surface area contributed by atoms with Crippen molar-refractivity contribution >= 4 is 16.7 Å². The van der Waals surface area contributed by atoms with E-state index in [-0.39, 0.29) is 29.1 Å². The fourth-order valence-corrected chi connectivity index (χ4v) is 4.62. The molecule has 3 aromatic rings. The first-order valence-corrected chi connectivity index (χ1v) is 9.53. The Balaban J connectivity index is 1.49. The summed E-state index contributed by atoms with van der Waals surface area (Å²) in [6.07, 6.45) is 0.966. The number of nitrogens with zero attached hydrogens (tertiary/aromatic N) is 2. The number of aryl methyl sites for hydroxylation is 1. The van der Waals surface area contributed by atoms with E-state index in [0.717, 1.165) is 17.7 Å². The van der Waals surface area contributed by atoms with Crippen LogP contribution in [-0.4, -0.2) is 28.5 Å². The summed E-state index contributed by atoms with van der Waals surface area (Å²) in [7, 11) is 0. The summed E-state index contributed by atoms with van der Waals surface area (Å²) in [6, 6.07) is 12.5. The first kappa shape index (κ1) is 17.0. The molecule has 5 rings (SSSR count). The maximum Gasteiger partial charge on any atom is 0.344 e. The van der Waals surface area contributed by atoms with Crippen LogP contribution in [-0.2, 0) is 6.54 Å². The Morgan fingerprint density at radius 3 is 2.79 bits per heavy atom. The van der Waals surface area contributed by atoms with Crippen molar-refractivity contribution in [1.82, 2.24) is 9.47 Å². The number of piperidine rings is 1. The second kappa shape index (κ2) is 6.19. The van der Waals surface area contributed by atoms with Crippen molar-refractivity contribution in [3.63, 3.8) is 0 Å². The van der Waals surface area contributed by atoms with Crippen LogP contribution in [0, 0.1) is 12.8 Å². The molecule has 0 radical (unpaired) electrons. The number of carbonyl (C=O) groups excluding carboxylic acids is 1. The zero-order chi connectivity index (χ0) is 19.4. The summed E-state index contributed by atoms with van der Waals surface area (Å²) in [6.45, 7) is 3.62. The number of hydrogen-bond donors (Lipinski definition) is 0. The van der Waals surface area contributed by atoms with Gasteiger partial charge in [-0.05, 0) is 42.8 Å². The molecule has 6 heteroatoms. The van der Waals surface area contributed by atoms with Gasteiger partial charge < -0.3 is 13.9 Å². The number of fused-ring (bicyclic) bond motifs is 5. The molecule has 1 saturated heterocycles. The molecule has 2 bridgehead atoms. The van der Waals surface area contributed by atoms with E-state index >= 15 is 0 Å². The van der Waals surface area contributed by atoms with E-state index in [1.807, 2.05) is 29.7 Å². The van der Waals surface area contributed by atoms with E-state index in [4.69, 9.17) is 4.42 Å². The molecule has 1 aromatic carbocycles. The first-order valence-electron chi connectivity index (χ1n) is 9.53. The summed E-state index contributed by atoms with van der Waals surface area (Å²) in [5, 5.41) is 1.19. The summed E-state index contributed by atoms with van der Waals surface area (Å²) in [5.74, 6) is 0.165. The number of benzene rings is 1. The molecular formula is C22H20N2O4. The third-order valence-corrected chi connectivity index (χ3v) is 5.90. The highest BCUT2D eigenvalue weighted by molar-refractivity contribution is 5.95. The molecule has 2 aliphatic rings. The van der Waals surface area contributed by atoms with Crippen LogP contribution in [0.25, 0.3) is 10.8 Å². The number of likely N-dealkylation sites (tertiary alicyclic amines) is 1. The van der Waals surface area contributed by atoms with Gasteiger partial charge in [-0.15, -0.1) is 0 Å². The molecule has 0 saturated carbocycles. The summed E-state index contributed by atoms with van der Waals surface area (Å²) in [4.78, 5) is 39.4. The smallest absolute Gasteiger partial charge is 0.344 e. The van der Waals surface area contributed by atoms with E-state index in [0.29, 0.717) is 30.4 Å². The van der Waals surface area contributed by atoms with Crippen molar-refractivity contribution in [2.45, 2.75) is 25.8 Å². The Labute approximate surface area is 161 Å². The summed E-state index contributed by atoms with van der Waals surface area (Å²) >= 11 is 0. The fourth-order valence-electron chi connectivity index (χ4n) is 4.62. The van der Waals surface area contributed by atoms with Gasteiger partial charge in [0.25, 0.3) is 11.5 Å². The van der Waals surface area contributed by atoms with Crippen LogP contribution < -0.4 is 11.2 Å². The van der Waals surface area contributed by atoms with E-state index < -0.39 is 5.63 Å². The standard InChI is InChI=1S/C22H20N2O4/c1-13-5-6-15-9-19(28-22(27)17(15)7-13)21(26)23-10-14-8-16(12-23)18-3-2-4-20(25)24(18)11-14/h2-7,9,14,16H,8,10-12H2,1H3. The fraction of sp³-hybridized carbons (Fsp3) is 0.318. The van der Waals surface area contributed by atoms with Crippen LogP contribution in [0.2, 0.25) is 0 Å². The highest BCUT2D eigenvalue weighted by atomic mass is 16.4. The Morgan fingerprint density at radius 2 is 1.93 bits per heavy atom. The predicted octanol–water partition coefficient (Wildman–Crippen LogP) is 2.52. The lowest BCUT2D eigenvalue weighted by Crippen LogP contribution is -2.49. The van der Waals surface area contributed by atoms with E-state index in [1.165, 1.54) is 0 Å². The van der Waals surface area contributed by atoms with Gasteiger partial charge in [-0.2, -0.15) is 0 Å². The Kier molecular flexibility index (Phi) is 3.75. The van der Waals surface area contributed by atoms with Gasteiger partial charge >= 0.3 is 5.63 Å². The predicted molar refractivity (Wildman–Crippen MR) is 105 cm³/mol. The monoisotopic (exact) mass is 376 g/mol. The average Bonchev–Trinajstić information content (AvgIpc) is 2.68. The molecule has 2 aromatic heterocycles. The van der Waals surface area contributed by atoms with Gasteiger partial charge in [-0.25, -0.2) is 4.79 Å². The zero-order valence-corrected chi connectivity index (χ0v) is 15.6. The van der Waals surface area contributed by atoms with Gasteiger partial charge in [0, 0.05) is 37.3 Å². The lowest BCUT2D eigenvalue weighted by atomic mass is 9.83. The largest absolute Gasteiger partial charge is 0.417 e. The van der Waals surface area contributed by atoms with Gasteiger partial charge in [0.1, 0.15) is 0 Å². The first-order chi connectivity index (χ1) is 13.5. The Hall–Kier alpha value is -3.15. The molecular weight excluding hydrogens is 356 g/mol. The molecule has 0 spiro atoms. The molecule has 0 N–H and O–H groups in total. The Bertz CT molecular complexity index is 1220. The van der Waals surface area contributed by atoms with Crippen LogP contribution in [0.3, 0.4) is 0 Å². The minimum Gasteiger partial charge on any atom is -0.417 e. The number of amides is 1. The second-order valence-electron chi connectivity index (χ2n) is 7.90. The highest BCUT2D eigenvalue weighted by Crippen LogP contribution is 2.35. The molecule has 2 aliphatic heterocycles. The topological polar surface area (TPSA) is 72.5 Å². The van der Waals surface area contributed by atoms with Crippen LogP contribution in [0.1, 0.15) is 34.2 Å². The van der Waals surface area contributed by atoms with Crippen molar-refractivity contribution in [3.8, 4) is 0 Å². The van der Waals surface area contributed by atoms with E-state index in [9.17, 15) is 14.4 Å². The van der Waals surface area contributed by atoms with Crippen molar-refractivity contribution < 1.29 is 9.21 Å². The Morgan fingerprint density at radius 1 is 1.07 bits per heavy atom. The van der Waals surface area contributed by atoms with Gasteiger partial charge in [-0.1, -0.05) is 23.8 Å². The number of rotatable bonds is 1. The maximum atomic E-state index is 13.1. The lowest BCUT2D eigenvalue weighted by molar-refractivity contribution is 0.0560. The SMILES string of the molecule is Cc1ccc2cc(C(=O)N3CC4CC(C3)c3cccc(=O)n3C4)oc(=O)c2c1. The molecule has 6 nitrogen and oxygen atoms in total. The maximum absolute atomic E-state index is 13.1. The third-order valence-electron chi connectivity index (χ3n) is 5.90. The molecule has 0 aliphatic carbocycles. The van der Waals surface area contributed by atoms with Crippen LogP contribution in [0.4, 0.5) is 0 Å². The van der Waals surface area contributed by atoms with Gasteiger partial charge in [0.05, 0.1) is 5.39 Å². The van der Waals surface area contributed by atoms with Crippen molar-refractivity contribution in [2.24, 2.45) is 5.92 Å².